The molecule has 0 bridgehead atoms. The van der Waals surface area contributed by atoms with Crippen molar-refractivity contribution in [1.29, 1.82) is 0 Å². The van der Waals surface area contributed by atoms with Crippen LogP contribution < -0.4 is 0 Å². The molecule has 1 saturated carbocycles. The summed E-state index contributed by atoms with van der Waals surface area (Å²) in [5.74, 6) is -1.88. The molecule has 0 aromatic heterocycles. The van der Waals surface area contributed by atoms with Crippen LogP contribution in [0.15, 0.2) is 0 Å². The minimum absolute atomic E-state index is 0.148. The predicted molar refractivity (Wildman–Crippen MR) is 30.1 cm³/mol. The maximum Gasteiger partial charge on any atom is 0.307 e. The van der Waals surface area contributed by atoms with Crippen molar-refractivity contribution in [1.82, 2.24) is 0 Å². The van der Waals surface area contributed by atoms with E-state index in [2.05, 4.69) is 0 Å². The highest BCUT2D eigenvalue weighted by atomic mass is 19.1. The lowest BCUT2D eigenvalue weighted by Gasteiger charge is -2.02. The number of rotatable bonds is 3. The number of hydrogen-bond donors (Lipinski definition) is 1. The van der Waals surface area contributed by atoms with Crippen LogP contribution in [0.3, 0.4) is 0 Å². The smallest absolute Gasteiger partial charge is 0.307 e. The van der Waals surface area contributed by atoms with Crippen molar-refractivity contribution in [2.24, 2.45) is 11.3 Å². The Morgan fingerprint density at radius 1 is 1.60 bits per heavy atom. The zero-order valence-electron chi connectivity index (χ0n) is 5.31. The zero-order valence-corrected chi connectivity index (χ0v) is 5.31. The molecule has 2 nitrogen and oxygen atoms in total. The van der Waals surface area contributed by atoms with Crippen LogP contribution in [0, 0.1) is 11.3 Å². The lowest BCUT2D eigenvalue weighted by molar-refractivity contribution is -0.139. The highest BCUT2D eigenvalue weighted by Crippen LogP contribution is 2.53. The van der Waals surface area contributed by atoms with Crippen LogP contribution in [0.5, 0.6) is 0 Å². The summed E-state index contributed by atoms with van der Waals surface area (Å²) >= 11 is 0. The van der Waals surface area contributed by atoms with Crippen LogP contribution in [0.1, 0.15) is 6.42 Å². The van der Waals surface area contributed by atoms with Gasteiger partial charge in [-0.3, -0.25) is 13.6 Å². The van der Waals surface area contributed by atoms with Crippen molar-refractivity contribution in [2.75, 3.05) is 13.3 Å². The molecule has 0 spiro atoms. The molecular formula is C6H8F2O2. The maximum atomic E-state index is 11.9. The van der Waals surface area contributed by atoms with Gasteiger partial charge in [0.05, 0.1) is 19.3 Å². The minimum Gasteiger partial charge on any atom is -0.481 e. The van der Waals surface area contributed by atoms with Gasteiger partial charge in [-0.15, -0.1) is 0 Å². The van der Waals surface area contributed by atoms with E-state index < -0.39 is 30.7 Å². The quantitative estimate of drug-likeness (QED) is 0.652. The molecule has 0 saturated heterocycles. The first-order chi connectivity index (χ1) is 4.66. The van der Waals surface area contributed by atoms with E-state index in [1.165, 1.54) is 0 Å². The molecule has 0 aromatic rings. The molecule has 1 rings (SSSR count). The Bertz CT molecular complexity index is 154. The Kier molecular flexibility index (Phi) is 1.62. The first-order valence-corrected chi connectivity index (χ1v) is 3.01. The monoisotopic (exact) mass is 150 g/mol. The van der Waals surface area contributed by atoms with E-state index in [0.29, 0.717) is 0 Å². The van der Waals surface area contributed by atoms with Gasteiger partial charge < -0.3 is 5.11 Å². The molecule has 10 heavy (non-hydrogen) atoms. The molecule has 0 amide bonds. The van der Waals surface area contributed by atoms with Gasteiger partial charge >= 0.3 is 5.97 Å². The van der Waals surface area contributed by atoms with Gasteiger partial charge in [0.2, 0.25) is 0 Å². The van der Waals surface area contributed by atoms with E-state index in [0.717, 1.165) is 0 Å². The number of carbonyl (C=O) groups is 1. The van der Waals surface area contributed by atoms with E-state index >= 15 is 0 Å². The predicted octanol–water partition coefficient (Wildman–Crippen LogP) is 1.02. The molecule has 1 fully saturated rings. The van der Waals surface area contributed by atoms with Gasteiger partial charge in [-0.2, -0.15) is 0 Å². The summed E-state index contributed by atoms with van der Waals surface area (Å²) in [6.45, 7) is -1.72. The number of carboxylic acid groups (broad SMARTS) is 1. The van der Waals surface area contributed by atoms with E-state index in [1.54, 1.807) is 0 Å². The Balaban J connectivity index is 2.53. The van der Waals surface area contributed by atoms with Crippen LogP contribution in [0.25, 0.3) is 0 Å². The minimum atomic E-state index is -1.16. The van der Waals surface area contributed by atoms with Crippen molar-refractivity contribution in [2.45, 2.75) is 6.42 Å². The fraction of sp³-hybridized carbons (Fsp3) is 0.833. The highest BCUT2D eigenvalue weighted by molar-refractivity contribution is 5.74. The average molecular weight is 150 g/mol. The normalized spacial score (nSPS) is 28.0. The molecule has 0 radical (unpaired) electrons. The fourth-order valence-electron chi connectivity index (χ4n) is 1.03. The summed E-state index contributed by atoms with van der Waals surface area (Å²) in [4.78, 5) is 10.2. The molecular weight excluding hydrogens is 142 g/mol. The van der Waals surface area contributed by atoms with Gasteiger partial charge in [-0.25, -0.2) is 0 Å². The summed E-state index contributed by atoms with van der Waals surface area (Å²) in [5.41, 5.74) is -1.16. The Morgan fingerprint density at radius 3 is 2.20 bits per heavy atom. The topological polar surface area (TPSA) is 37.3 Å². The lowest BCUT2D eigenvalue weighted by atomic mass is 10.1. The third-order valence-corrected chi connectivity index (χ3v) is 2.02. The third kappa shape index (κ3) is 0.874. The molecule has 1 aliphatic carbocycles. The number of hydrogen-bond acceptors (Lipinski definition) is 1. The summed E-state index contributed by atoms with van der Waals surface area (Å²) < 4.78 is 23.9. The van der Waals surface area contributed by atoms with Crippen LogP contribution >= 0.6 is 0 Å². The van der Waals surface area contributed by atoms with Gasteiger partial charge in [0, 0.05) is 5.41 Å². The van der Waals surface area contributed by atoms with Crippen LogP contribution in [-0.4, -0.2) is 24.4 Å². The van der Waals surface area contributed by atoms with E-state index in [-0.39, 0.29) is 6.42 Å². The summed E-state index contributed by atoms with van der Waals surface area (Å²) in [6, 6.07) is 0. The first kappa shape index (κ1) is 7.44. The Morgan fingerprint density at radius 2 is 2.10 bits per heavy atom. The number of halogens is 2. The number of aliphatic carboxylic acids is 1. The SMILES string of the molecule is O=C(O)C1CC1(CF)CF. The van der Waals surface area contributed by atoms with Crippen LogP contribution in [0.4, 0.5) is 8.78 Å². The summed E-state index contributed by atoms with van der Waals surface area (Å²) in [6.07, 6.45) is 0.148. The van der Waals surface area contributed by atoms with Crippen molar-refractivity contribution < 1.29 is 18.7 Å². The Labute approximate surface area is 56.8 Å². The van der Waals surface area contributed by atoms with E-state index in [4.69, 9.17) is 5.11 Å². The van der Waals surface area contributed by atoms with Gasteiger partial charge in [0.1, 0.15) is 0 Å². The number of carboxylic acids is 1. The van der Waals surface area contributed by atoms with Crippen molar-refractivity contribution in [3.63, 3.8) is 0 Å². The van der Waals surface area contributed by atoms with Crippen LogP contribution in [0.2, 0.25) is 0 Å². The third-order valence-electron chi connectivity index (χ3n) is 2.02. The average Bonchev–Trinajstić information content (AvgIpc) is 2.63. The number of alkyl halides is 2. The standard InChI is InChI=1S/C6H8F2O2/c7-2-6(3-8)1-4(6)5(9)10/h4H,1-3H2,(H,9,10). The van der Waals surface area contributed by atoms with Crippen LogP contribution in [-0.2, 0) is 4.79 Å². The highest BCUT2D eigenvalue weighted by Gasteiger charge is 2.59. The molecule has 0 aromatic carbocycles. The summed E-state index contributed by atoms with van der Waals surface area (Å²) in [5, 5.41) is 8.32. The maximum absolute atomic E-state index is 11.9. The second-order valence-electron chi connectivity index (χ2n) is 2.72. The molecule has 1 aliphatic rings. The molecule has 58 valence electrons. The first-order valence-electron chi connectivity index (χ1n) is 3.01. The largest absolute Gasteiger partial charge is 0.481 e. The van der Waals surface area contributed by atoms with E-state index in [9.17, 15) is 13.6 Å². The molecule has 4 heteroatoms. The van der Waals surface area contributed by atoms with Gasteiger partial charge in [0.25, 0.3) is 0 Å². The second kappa shape index (κ2) is 2.18. The van der Waals surface area contributed by atoms with E-state index in [1.807, 2.05) is 0 Å². The van der Waals surface area contributed by atoms with Gasteiger partial charge in [-0.1, -0.05) is 0 Å². The zero-order chi connectivity index (χ0) is 7.78. The van der Waals surface area contributed by atoms with Gasteiger partial charge in [0.15, 0.2) is 0 Å². The molecule has 1 unspecified atom stereocenters. The van der Waals surface area contributed by atoms with Crippen molar-refractivity contribution >= 4 is 5.97 Å². The molecule has 1 atom stereocenters. The van der Waals surface area contributed by atoms with Gasteiger partial charge in [-0.05, 0) is 6.42 Å². The van der Waals surface area contributed by atoms with Crippen molar-refractivity contribution in [3.8, 4) is 0 Å². The lowest BCUT2D eigenvalue weighted by Crippen LogP contribution is -2.14. The summed E-state index contributed by atoms with van der Waals surface area (Å²) in [7, 11) is 0. The molecule has 0 aliphatic heterocycles. The molecule has 1 N–H and O–H groups in total. The molecule has 0 heterocycles. The fourth-order valence-corrected chi connectivity index (χ4v) is 1.03. The second-order valence-corrected chi connectivity index (χ2v) is 2.72. The Hall–Kier alpha value is -0.670. The van der Waals surface area contributed by atoms with Crippen molar-refractivity contribution in [3.05, 3.63) is 0 Å².